The van der Waals surface area contributed by atoms with Gasteiger partial charge in [0.05, 0.1) is 16.2 Å². The number of benzene rings is 1. The molecule has 0 bridgehead atoms. The van der Waals surface area contributed by atoms with Crippen LogP contribution < -0.4 is 0 Å². The molecule has 5 heteroatoms. The van der Waals surface area contributed by atoms with Crippen LogP contribution in [0.3, 0.4) is 0 Å². The highest BCUT2D eigenvalue weighted by molar-refractivity contribution is 7.91. The van der Waals surface area contributed by atoms with Gasteiger partial charge in [0.25, 0.3) is 0 Å². The van der Waals surface area contributed by atoms with E-state index in [-0.39, 0.29) is 16.2 Å². The van der Waals surface area contributed by atoms with Crippen LogP contribution in [0.5, 0.6) is 0 Å². The molecule has 0 aliphatic carbocycles. The molecule has 0 aliphatic heterocycles. The molecule has 0 radical (unpaired) electrons. The van der Waals surface area contributed by atoms with E-state index < -0.39 is 15.8 Å². The molecular formula is C14H20O4S. The van der Waals surface area contributed by atoms with Crippen molar-refractivity contribution in [1.82, 2.24) is 0 Å². The zero-order chi connectivity index (χ0) is 14.6. The molecular weight excluding hydrogens is 264 g/mol. The fourth-order valence-corrected chi connectivity index (χ4v) is 3.49. The van der Waals surface area contributed by atoms with Crippen LogP contribution in [-0.4, -0.2) is 25.2 Å². The first-order valence-corrected chi connectivity index (χ1v) is 7.96. The Labute approximate surface area is 114 Å². The van der Waals surface area contributed by atoms with Gasteiger partial charge in [-0.15, -0.1) is 0 Å². The van der Waals surface area contributed by atoms with Crippen molar-refractivity contribution in [2.75, 3.05) is 5.75 Å². The van der Waals surface area contributed by atoms with Gasteiger partial charge in [-0.25, -0.2) is 13.2 Å². The highest BCUT2D eigenvalue weighted by Crippen LogP contribution is 2.20. The first-order valence-electron chi connectivity index (χ1n) is 6.30. The van der Waals surface area contributed by atoms with Crippen molar-refractivity contribution in [3.8, 4) is 0 Å². The van der Waals surface area contributed by atoms with Crippen LogP contribution in [0.25, 0.3) is 0 Å². The minimum atomic E-state index is -3.41. The highest BCUT2D eigenvalue weighted by Gasteiger charge is 2.19. The van der Waals surface area contributed by atoms with E-state index in [4.69, 9.17) is 5.11 Å². The molecule has 0 spiro atoms. The van der Waals surface area contributed by atoms with Crippen LogP contribution in [0.4, 0.5) is 0 Å². The van der Waals surface area contributed by atoms with Gasteiger partial charge in [-0.1, -0.05) is 19.9 Å². The van der Waals surface area contributed by atoms with Crippen molar-refractivity contribution in [2.45, 2.75) is 38.5 Å². The Morgan fingerprint density at radius 2 is 1.95 bits per heavy atom. The normalized spacial score (nSPS) is 11.8. The number of carboxylic acids is 1. The summed E-state index contributed by atoms with van der Waals surface area (Å²) in [5.74, 6) is -0.588. The summed E-state index contributed by atoms with van der Waals surface area (Å²) >= 11 is 0. The lowest BCUT2D eigenvalue weighted by Crippen LogP contribution is -2.11. The highest BCUT2D eigenvalue weighted by atomic mass is 32.2. The van der Waals surface area contributed by atoms with Crippen LogP contribution in [0.15, 0.2) is 23.1 Å². The molecule has 0 fully saturated rings. The molecule has 0 saturated carbocycles. The molecule has 1 N–H and O–H groups in total. The molecule has 0 atom stereocenters. The van der Waals surface area contributed by atoms with E-state index in [2.05, 4.69) is 0 Å². The largest absolute Gasteiger partial charge is 0.478 e. The summed E-state index contributed by atoms with van der Waals surface area (Å²) in [7, 11) is -3.41. The Bertz CT molecular complexity index is 559. The molecule has 4 nitrogen and oxygen atoms in total. The van der Waals surface area contributed by atoms with Gasteiger partial charge in [0, 0.05) is 0 Å². The molecule has 0 unspecified atom stereocenters. The third kappa shape index (κ3) is 4.35. The van der Waals surface area contributed by atoms with Crippen molar-refractivity contribution >= 4 is 15.8 Å². The van der Waals surface area contributed by atoms with E-state index >= 15 is 0 Å². The summed E-state index contributed by atoms with van der Waals surface area (Å²) in [6, 6.07) is 4.21. The van der Waals surface area contributed by atoms with E-state index in [0.717, 1.165) is 6.42 Å². The topological polar surface area (TPSA) is 71.4 Å². The first-order chi connectivity index (χ1) is 8.74. The molecule has 19 heavy (non-hydrogen) atoms. The zero-order valence-corrected chi connectivity index (χ0v) is 12.3. The molecule has 0 aromatic heterocycles. The van der Waals surface area contributed by atoms with Gasteiger partial charge in [0.2, 0.25) is 0 Å². The fourth-order valence-electron chi connectivity index (χ4n) is 1.86. The lowest BCUT2D eigenvalue weighted by Gasteiger charge is -2.09. The van der Waals surface area contributed by atoms with Crippen LogP contribution in [0, 0.1) is 12.8 Å². The third-order valence-corrected chi connectivity index (χ3v) is 4.90. The summed E-state index contributed by atoms with van der Waals surface area (Å²) in [6.07, 6.45) is 1.44. The van der Waals surface area contributed by atoms with E-state index in [9.17, 15) is 13.2 Å². The van der Waals surface area contributed by atoms with E-state index in [1.807, 2.05) is 13.8 Å². The van der Waals surface area contributed by atoms with Crippen LogP contribution in [0.1, 0.15) is 42.6 Å². The lowest BCUT2D eigenvalue weighted by atomic mass is 10.1. The van der Waals surface area contributed by atoms with Crippen LogP contribution in [-0.2, 0) is 9.84 Å². The lowest BCUT2D eigenvalue weighted by molar-refractivity contribution is 0.0696. The summed E-state index contributed by atoms with van der Waals surface area (Å²) in [6.45, 7) is 5.77. The standard InChI is InChI=1S/C14H20O4S/c1-10(2)5-4-8-19(17,18)13-9-12(14(15)16)7-6-11(13)3/h6-7,9-10H,4-5,8H2,1-3H3,(H,15,16). The molecule has 1 rings (SSSR count). The number of aromatic carboxylic acids is 1. The van der Waals surface area contributed by atoms with Crippen molar-refractivity contribution in [3.05, 3.63) is 29.3 Å². The second-order valence-electron chi connectivity index (χ2n) is 5.14. The average Bonchev–Trinajstić information content (AvgIpc) is 2.28. The predicted molar refractivity (Wildman–Crippen MR) is 74.3 cm³/mol. The van der Waals surface area contributed by atoms with Crippen molar-refractivity contribution in [3.63, 3.8) is 0 Å². The van der Waals surface area contributed by atoms with Gasteiger partial charge in [-0.2, -0.15) is 0 Å². The minimum absolute atomic E-state index is 0.00744. The predicted octanol–water partition coefficient (Wildman–Crippen LogP) is 2.90. The third-order valence-electron chi connectivity index (χ3n) is 2.96. The number of sulfone groups is 1. The molecule has 1 aromatic carbocycles. The van der Waals surface area contributed by atoms with Crippen LogP contribution >= 0.6 is 0 Å². The van der Waals surface area contributed by atoms with E-state index in [1.54, 1.807) is 13.0 Å². The Kier molecular flexibility index (Phi) is 5.11. The maximum atomic E-state index is 12.2. The Balaban J connectivity index is 3.00. The smallest absolute Gasteiger partial charge is 0.335 e. The van der Waals surface area contributed by atoms with Gasteiger partial charge in [-0.3, -0.25) is 0 Å². The summed E-state index contributed by atoms with van der Waals surface area (Å²) in [4.78, 5) is 11.0. The molecule has 0 heterocycles. The van der Waals surface area contributed by atoms with Crippen molar-refractivity contribution in [1.29, 1.82) is 0 Å². The van der Waals surface area contributed by atoms with Gasteiger partial charge in [0.15, 0.2) is 9.84 Å². The van der Waals surface area contributed by atoms with E-state index in [0.29, 0.717) is 17.9 Å². The number of hydrogen-bond acceptors (Lipinski definition) is 3. The van der Waals surface area contributed by atoms with Crippen molar-refractivity contribution in [2.24, 2.45) is 5.92 Å². The molecule has 0 aliphatic rings. The number of carbonyl (C=O) groups is 1. The van der Waals surface area contributed by atoms with Gasteiger partial charge < -0.3 is 5.11 Å². The molecule has 0 saturated heterocycles. The Morgan fingerprint density at radius 3 is 2.47 bits per heavy atom. The molecule has 106 valence electrons. The number of carboxylic acid groups (broad SMARTS) is 1. The number of rotatable bonds is 6. The Morgan fingerprint density at radius 1 is 1.32 bits per heavy atom. The van der Waals surface area contributed by atoms with Gasteiger partial charge >= 0.3 is 5.97 Å². The zero-order valence-electron chi connectivity index (χ0n) is 11.5. The SMILES string of the molecule is Cc1ccc(C(=O)O)cc1S(=O)(=O)CCCC(C)C. The minimum Gasteiger partial charge on any atom is -0.478 e. The Hall–Kier alpha value is -1.36. The number of aryl methyl sites for hydroxylation is 1. The average molecular weight is 284 g/mol. The number of hydrogen-bond donors (Lipinski definition) is 1. The summed E-state index contributed by atoms with van der Waals surface area (Å²) in [5, 5.41) is 8.92. The van der Waals surface area contributed by atoms with Gasteiger partial charge in [-0.05, 0) is 43.4 Å². The fraction of sp³-hybridized carbons (Fsp3) is 0.500. The maximum absolute atomic E-state index is 12.2. The quantitative estimate of drug-likeness (QED) is 0.872. The van der Waals surface area contributed by atoms with E-state index in [1.165, 1.54) is 12.1 Å². The van der Waals surface area contributed by atoms with Gasteiger partial charge in [0.1, 0.15) is 0 Å². The second-order valence-corrected chi connectivity index (χ2v) is 7.22. The van der Waals surface area contributed by atoms with Crippen molar-refractivity contribution < 1.29 is 18.3 Å². The first kappa shape index (κ1) is 15.7. The molecule has 0 amide bonds. The monoisotopic (exact) mass is 284 g/mol. The maximum Gasteiger partial charge on any atom is 0.335 e. The summed E-state index contributed by atoms with van der Waals surface area (Å²) in [5.41, 5.74) is 0.600. The van der Waals surface area contributed by atoms with Crippen LogP contribution in [0.2, 0.25) is 0 Å². The molecule has 1 aromatic rings. The second kappa shape index (κ2) is 6.19. The summed E-state index contributed by atoms with van der Waals surface area (Å²) < 4.78 is 24.4.